The van der Waals surface area contributed by atoms with Crippen LogP contribution in [-0.4, -0.2) is 16.6 Å². The lowest BCUT2D eigenvalue weighted by molar-refractivity contribution is -0.0626. The monoisotopic (exact) mass is 420 g/mol. The van der Waals surface area contributed by atoms with Crippen LogP contribution < -0.4 is 0 Å². The van der Waals surface area contributed by atoms with Gasteiger partial charge >= 0.3 is 0 Å². The van der Waals surface area contributed by atoms with Gasteiger partial charge in [0.05, 0.1) is 9.26 Å². The van der Waals surface area contributed by atoms with Crippen molar-refractivity contribution in [1.29, 1.82) is 0 Å². The van der Waals surface area contributed by atoms with E-state index in [1.54, 1.807) is 0 Å². The Morgan fingerprint density at radius 2 is 1.86 bits per heavy atom. The second-order valence-electron chi connectivity index (χ2n) is 6.15. The minimum Gasteiger partial charge on any atom is -0.367 e. The van der Waals surface area contributed by atoms with Crippen molar-refractivity contribution in [3.8, 4) is 0 Å². The number of aromatic nitrogens is 2. The summed E-state index contributed by atoms with van der Waals surface area (Å²) in [4.78, 5) is 9.54. The molecule has 1 heterocycles. The summed E-state index contributed by atoms with van der Waals surface area (Å²) < 4.78 is 7.23. The van der Waals surface area contributed by atoms with Crippen LogP contribution >= 0.6 is 34.2 Å². The SMILES string of the molecule is CCOC1(c2nc(Cl)c(I)c(C3CC3)n2)CCCCCC1. The summed E-state index contributed by atoms with van der Waals surface area (Å²) in [5, 5.41) is 0.603. The molecule has 0 aromatic carbocycles. The van der Waals surface area contributed by atoms with Gasteiger partial charge in [0.2, 0.25) is 0 Å². The first-order valence-electron chi connectivity index (χ1n) is 8.03. The predicted molar refractivity (Wildman–Crippen MR) is 92.7 cm³/mol. The smallest absolute Gasteiger partial charge is 0.162 e. The molecule has 21 heavy (non-hydrogen) atoms. The molecule has 3 nitrogen and oxygen atoms in total. The lowest BCUT2D eigenvalue weighted by atomic mass is 9.92. The van der Waals surface area contributed by atoms with Crippen molar-refractivity contribution in [2.45, 2.75) is 69.8 Å². The summed E-state index contributed by atoms with van der Waals surface area (Å²) in [6.45, 7) is 2.76. The van der Waals surface area contributed by atoms with Gasteiger partial charge < -0.3 is 4.74 Å². The van der Waals surface area contributed by atoms with Crippen molar-refractivity contribution in [1.82, 2.24) is 9.97 Å². The molecule has 0 N–H and O–H groups in total. The van der Waals surface area contributed by atoms with Crippen LogP contribution in [0.4, 0.5) is 0 Å². The maximum absolute atomic E-state index is 6.40. The minimum absolute atomic E-state index is 0.317. The van der Waals surface area contributed by atoms with E-state index in [2.05, 4.69) is 34.5 Å². The van der Waals surface area contributed by atoms with Crippen molar-refractivity contribution < 1.29 is 4.74 Å². The topological polar surface area (TPSA) is 35.0 Å². The first-order valence-corrected chi connectivity index (χ1v) is 9.49. The molecule has 0 atom stereocenters. The summed E-state index contributed by atoms with van der Waals surface area (Å²) in [7, 11) is 0. The average Bonchev–Trinajstić information content (AvgIpc) is 3.29. The summed E-state index contributed by atoms with van der Waals surface area (Å²) in [5.74, 6) is 1.42. The molecule has 1 aromatic heterocycles. The van der Waals surface area contributed by atoms with E-state index in [9.17, 15) is 0 Å². The Morgan fingerprint density at radius 1 is 1.19 bits per heavy atom. The van der Waals surface area contributed by atoms with Crippen molar-refractivity contribution in [3.05, 3.63) is 20.2 Å². The first kappa shape index (κ1) is 15.9. The molecule has 5 heteroatoms. The fraction of sp³-hybridized carbons (Fsp3) is 0.750. The molecular weight excluding hydrogens is 399 g/mol. The molecule has 0 bridgehead atoms. The van der Waals surface area contributed by atoms with E-state index in [1.165, 1.54) is 38.5 Å². The highest BCUT2D eigenvalue weighted by atomic mass is 127. The third-order valence-corrected chi connectivity index (χ3v) is 6.20. The van der Waals surface area contributed by atoms with E-state index in [1.807, 2.05) is 0 Å². The maximum atomic E-state index is 6.40. The van der Waals surface area contributed by atoms with Gasteiger partial charge in [-0.25, -0.2) is 9.97 Å². The Morgan fingerprint density at radius 3 is 2.43 bits per heavy atom. The van der Waals surface area contributed by atoms with Crippen LogP contribution in [0, 0.1) is 3.57 Å². The van der Waals surface area contributed by atoms with E-state index >= 15 is 0 Å². The summed E-state index contributed by atoms with van der Waals surface area (Å²) >= 11 is 8.68. The van der Waals surface area contributed by atoms with Gasteiger partial charge in [0.1, 0.15) is 10.8 Å². The van der Waals surface area contributed by atoms with Gasteiger partial charge in [-0.05, 0) is 55.2 Å². The Balaban J connectivity index is 2.02. The molecular formula is C16H22ClIN2O. The van der Waals surface area contributed by atoms with Gasteiger partial charge in [0.25, 0.3) is 0 Å². The van der Waals surface area contributed by atoms with E-state index < -0.39 is 0 Å². The number of hydrogen-bond acceptors (Lipinski definition) is 3. The molecule has 0 spiro atoms. The number of nitrogens with zero attached hydrogens (tertiary/aromatic N) is 2. The molecule has 2 saturated carbocycles. The quantitative estimate of drug-likeness (QED) is 0.381. The zero-order valence-corrected chi connectivity index (χ0v) is 15.4. The molecule has 3 rings (SSSR count). The van der Waals surface area contributed by atoms with Crippen LogP contribution in [0.25, 0.3) is 0 Å². The second-order valence-corrected chi connectivity index (χ2v) is 7.59. The standard InChI is InChI=1S/C16H22ClIN2O/c1-2-21-16(9-5-3-4-6-10-16)15-19-13(11-7-8-11)12(18)14(17)20-15/h11H,2-10H2,1H3. The third-order valence-electron chi connectivity index (χ3n) is 4.54. The van der Waals surface area contributed by atoms with E-state index in [-0.39, 0.29) is 5.60 Å². The number of halogens is 2. The second kappa shape index (κ2) is 6.67. The van der Waals surface area contributed by atoms with Crippen LogP contribution in [0.5, 0.6) is 0 Å². The molecule has 0 radical (unpaired) electrons. The Labute approximate surface area is 145 Å². The fourth-order valence-electron chi connectivity index (χ4n) is 3.28. The molecule has 2 aliphatic carbocycles. The highest BCUT2D eigenvalue weighted by Gasteiger charge is 2.39. The number of ether oxygens (including phenoxy) is 1. The number of rotatable bonds is 4. The van der Waals surface area contributed by atoms with Crippen molar-refractivity contribution in [3.63, 3.8) is 0 Å². The average molecular weight is 421 g/mol. The molecule has 0 amide bonds. The van der Waals surface area contributed by atoms with Crippen LogP contribution in [0.1, 0.15) is 75.7 Å². The zero-order chi connectivity index (χ0) is 14.9. The molecule has 2 aliphatic rings. The van der Waals surface area contributed by atoms with E-state index in [0.29, 0.717) is 17.7 Å². The van der Waals surface area contributed by atoms with Crippen molar-refractivity contribution in [2.75, 3.05) is 6.61 Å². The van der Waals surface area contributed by atoms with Crippen LogP contribution in [0.15, 0.2) is 0 Å². The van der Waals surface area contributed by atoms with Gasteiger partial charge in [-0.1, -0.05) is 37.3 Å². The summed E-state index contributed by atoms with van der Waals surface area (Å²) in [6, 6.07) is 0. The molecule has 0 saturated heterocycles. The normalized spacial score (nSPS) is 22.0. The third kappa shape index (κ3) is 3.37. The van der Waals surface area contributed by atoms with Crippen LogP contribution in [0.3, 0.4) is 0 Å². The summed E-state index contributed by atoms with van der Waals surface area (Å²) in [6.07, 6.45) is 9.42. The lowest BCUT2D eigenvalue weighted by Crippen LogP contribution is -2.32. The molecule has 2 fully saturated rings. The van der Waals surface area contributed by atoms with Gasteiger partial charge in [-0.15, -0.1) is 0 Å². The summed E-state index contributed by atoms with van der Waals surface area (Å²) in [5.41, 5.74) is 0.831. The lowest BCUT2D eigenvalue weighted by Gasteiger charge is -2.31. The van der Waals surface area contributed by atoms with Crippen LogP contribution in [0.2, 0.25) is 5.15 Å². The maximum Gasteiger partial charge on any atom is 0.162 e. The Hall–Kier alpha value is 0.0600. The zero-order valence-electron chi connectivity index (χ0n) is 12.5. The Kier molecular flexibility index (Phi) is 5.06. The fourth-order valence-corrected chi connectivity index (χ4v) is 4.13. The minimum atomic E-state index is -0.317. The predicted octanol–water partition coefficient (Wildman–Crippen LogP) is 5.20. The van der Waals surface area contributed by atoms with Crippen LogP contribution in [-0.2, 0) is 10.3 Å². The van der Waals surface area contributed by atoms with Gasteiger partial charge in [0.15, 0.2) is 5.82 Å². The van der Waals surface area contributed by atoms with E-state index in [4.69, 9.17) is 21.3 Å². The highest BCUT2D eigenvalue weighted by molar-refractivity contribution is 14.1. The van der Waals surface area contributed by atoms with Gasteiger partial charge in [0, 0.05) is 12.5 Å². The van der Waals surface area contributed by atoms with Crippen molar-refractivity contribution >= 4 is 34.2 Å². The Bertz CT molecular complexity index is 511. The van der Waals surface area contributed by atoms with Gasteiger partial charge in [-0.2, -0.15) is 0 Å². The molecule has 1 aromatic rings. The molecule has 0 aliphatic heterocycles. The highest BCUT2D eigenvalue weighted by Crippen LogP contribution is 2.44. The first-order chi connectivity index (χ1) is 10.2. The van der Waals surface area contributed by atoms with Crippen molar-refractivity contribution in [2.24, 2.45) is 0 Å². The molecule has 116 valence electrons. The molecule has 0 unspecified atom stereocenters. The number of hydrogen-bond donors (Lipinski definition) is 0. The van der Waals surface area contributed by atoms with Gasteiger partial charge in [-0.3, -0.25) is 0 Å². The largest absolute Gasteiger partial charge is 0.367 e. The van der Waals surface area contributed by atoms with E-state index in [0.717, 1.165) is 27.9 Å².